The predicted octanol–water partition coefficient (Wildman–Crippen LogP) is 2.43. The largest absolute Gasteiger partial charge is 0.384 e. The van der Waals surface area contributed by atoms with Gasteiger partial charge in [-0.2, -0.15) is 0 Å². The Labute approximate surface area is 89.4 Å². The third kappa shape index (κ3) is 3.52. The molecule has 1 aromatic heterocycles. The topological polar surface area (TPSA) is 34.1 Å². The van der Waals surface area contributed by atoms with Gasteiger partial charge in [-0.25, -0.2) is 4.98 Å². The molecule has 0 aliphatic heterocycles. The Morgan fingerprint density at radius 2 is 2.43 bits per heavy atom. The lowest BCUT2D eigenvalue weighted by atomic mass is 10.2. The van der Waals surface area contributed by atoms with Crippen LogP contribution >= 0.6 is 11.6 Å². The number of nitrogens with one attached hydrogen (secondary N) is 1. The standard InChI is InChI=1S/C10H15ClN2O/c1-8(7-14-2)6-13-10-9(11)4-3-5-12-10/h3-5,8H,6-7H2,1-2H3,(H,12,13). The molecule has 0 spiro atoms. The number of pyridine rings is 1. The molecule has 0 aliphatic carbocycles. The van der Waals surface area contributed by atoms with Crippen LogP contribution in [0.25, 0.3) is 0 Å². The first-order chi connectivity index (χ1) is 6.74. The molecule has 0 saturated carbocycles. The van der Waals surface area contributed by atoms with Gasteiger partial charge in [0.05, 0.1) is 11.6 Å². The van der Waals surface area contributed by atoms with Crippen LogP contribution in [-0.2, 0) is 4.74 Å². The Hall–Kier alpha value is -0.800. The molecule has 4 heteroatoms. The van der Waals surface area contributed by atoms with Crippen molar-refractivity contribution in [1.82, 2.24) is 4.98 Å². The molecule has 78 valence electrons. The van der Waals surface area contributed by atoms with Crippen molar-refractivity contribution >= 4 is 17.4 Å². The summed E-state index contributed by atoms with van der Waals surface area (Å²) in [4.78, 5) is 4.13. The van der Waals surface area contributed by atoms with Crippen LogP contribution in [0.5, 0.6) is 0 Å². The van der Waals surface area contributed by atoms with Crippen LogP contribution in [0, 0.1) is 5.92 Å². The second-order valence-corrected chi connectivity index (χ2v) is 3.68. The highest BCUT2D eigenvalue weighted by Gasteiger charge is 2.03. The third-order valence-corrected chi connectivity index (χ3v) is 2.13. The molecule has 1 atom stereocenters. The van der Waals surface area contributed by atoms with Gasteiger partial charge in [0.25, 0.3) is 0 Å². The van der Waals surface area contributed by atoms with Crippen molar-refractivity contribution in [2.24, 2.45) is 5.92 Å². The van der Waals surface area contributed by atoms with Gasteiger partial charge in [-0.1, -0.05) is 18.5 Å². The Balaban J connectivity index is 2.41. The molecule has 1 heterocycles. The first-order valence-corrected chi connectivity index (χ1v) is 4.95. The van der Waals surface area contributed by atoms with Crippen molar-refractivity contribution in [1.29, 1.82) is 0 Å². The van der Waals surface area contributed by atoms with Crippen molar-refractivity contribution in [2.75, 3.05) is 25.6 Å². The van der Waals surface area contributed by atoms with E-state index in [4.69, 9.17) is 16.3 Å². The molecule has 1 aromatic rings. The fourth-order valence-corrected chi connectivity index (χ4v) is 1.32. The second-order valence-electron chi connectivity index (χ2n) is 3.28. The van der Waals surface area contributed by atoms with E-state index >= 15 is 0 Å². The maximum Gasteiger partial charge on any atom is 0.144 e. The molecular weight excluding hydrogens is 200 g/mol. The number of aromatic nitrogens is 1. The first kappa shape index (κ1) is 11.3. The summed E-state index contributed by atoms with van der Waals surface area (Å²) in [6.07, 6.45) is 1.72. The average Bonchev–Trinajstić information content (AvgIpc) is 2.17. The molecule has 0 amide bonds. The first-order valence-electron chi connectivity index (χ1n) is 4.57. The van der Waals surface area contributed by atoms with Gasteiger partial charge in [0, 0.05) is 19.9 Å². The summed E-state index contributed by atoms with van der Waals surface area (Å²) in [6, 6.07) is 3.63. The molecule has 1 N–H and O–H groups in total. The molecule has 3 nitrogen and oxygen atoms in total. The van der Waals surface area contributed by atoms with Gasteiger partial charge in [0.1, 0.15) is 5.82 Å². The smallest absolute Gasteiger partial charge is 0.144 e. The fraction of sp³-hybridized carbons (Fsp3) is 0.500. The summed E-state index contributed by atoms with van der Waals surface area (Å²) >= 11 is 5.93. The minimum absolute atomic E-state index is 0.443. The summed E-state index contributed by atoms with van der Waals surface area (Å²) in [6.45, 7) is 3.65. The molecule has 0 aromatic carbocycles. The summed E-state index contributed by atoms with van der Waals surface area (Å²) in [5, 5.41) is 3.82. The number of halogens is 1. The highest BCUT2D eigenvalue weighted by molar-refractivity contribution is 6.32. The predicted molar refractivity (Wildman–Crippen MR) is 58.8 cm³/mol. The molecule has 1 unspecified atom stereocenters. The zero-order valence-corrected chi connectivity index (χ0v) is 9.21. The van der Waals surface area contributed by atoms with Crippen LogP contribution in [0.4, 0.5) is 5.82 Å². The van der Waals surface area contributed by atoms with E-state index in [2.05, 4.69) is 17.2 Å². The van der Waals surface area contributed by atoms with Crippen molar-refractivity contribution in [3.63, 3.8) is 0 Å². The number of hydrogen-bond acceptors (Lipinski definition) is 3. The molecular formula is C10H15ClN2O. The van der Waals surface area contributed by atoms with Gasteiger partial charge >= 0.3 is 0 Å². The number of hydrogen-bond donors (Lipinski definition) is 1. The molecule has 0 bridgehead atoms. The zero-order chi connectivity index (χ0) is 10.4. The normalized spacial score (nSPS) is 12.5. The van der Waals surface area contributed by atoms with Crippen LogP contribution in [0.2, 0.25) is 5.02 Å². The molecule has 1 rings (SSSR count). The van der Waals surface area contributed by atoms with Gasteiger partial charge < -0.3 is 10.1 Å². The number of rotatable bonds is 5. The van der Waals surface area contributed by atoms with Gasteiger partial charge in [0.2, 0.25) is 0 Å². The summed E-state index contributed by atoms with van der Waals surface area (Å²) in [5.74, 6) is 1.18. The van der Waals surface area contributed by atoms with E-state index in [0.29, 0.717) is 10.9 Å². The highest BCUT2D eigenvalue weighted by Crippen LogP contribution is 2.17. The Kier molecular flexibility index (Phi) is 4.70. The van der Waals surface area contributed by atoms with Gasteiger partial charge in [-0.3, -0.25) is 0 Å². The van der Waals surface area contributed by atoms with Crippen LogP contribution < -0.4 is 5.32 Å². The van der Waals surface area contributed by atoms with Crippen LogP contribution in [0.15, 0.2) is 18.3 Å². The van der Waals surface area contributed by atoms with E-state index in [1.807, 2.05) is 12.1 Å². The minimum Gasteiger partial charge on any atom is -0.384 e. The molecule has 0 radical (unpaired) electrons. The van der Waals surface area contributed by atoms with Crippen LogP contribution in [-0.4, -0.2) is 25.2 Å². The van der Waals surface area contributed by atoms with Crippen molar-refractivity contribution in [3.8, 4) is 0 Å². The molecule has 14 heavy (non-hydrogen) atoms. The van der Waals surface area contributed by atoms with E-state index in [0.717, 1.165) is 19.0 Å². The summed E-state index contributed by atoms with van der Waals surface area (Å²) in [5.41, 5.74) is 0. The Morgan fingerprint density at radius 3 is 3.07 bits per heavy atom. The molecule has 0 saturated heterocycles. The van der Waals surface area contributed by atoms with E-state index in [9.17, 15) is 0 Å². The highest BCUT2D eigenvalue weighted by atomic mass is 35.5. The lowest BCUT2D eigenvalue weighted by Crippen LogP contribution is -2.16. The second kappa shape index (κ2) is 5.83. The van der Waals surface area contributed by atoms with Gasteiger partial charge in [-0.05, 0) is 18.1 Å². The fourth-order valence-electron chi connectivity index (χ4n) is 1.13. The van der Waals surface area contributed by atoms with Crippen molar-refractivity contribution in [3.05, 3.63) is 23.4 Å². The van der Waals surface area contributed by atoms with Crippen LogP contribution in [0.3, 0.4) is 0 Å². The van der Waals surface area contributed by atoms with E-state index in [-0.39, 0.29) is 0 Å². The van der Waals surface area contributed by atoms with Gasteiger partial charge in [0.15, 0.2) is 0 Å². The zero-order valence-electron chi connectivity index (χ0n) is 8.46. The van der Waals surface area contributed by atoms with E-state index in [1.165, 1.54) is 0 Å². The quantitative estimate of drug-likeness (QED) is 0.818. The number of methoxy groups -OCH3 is 1. The maximum atomic E-state index is 5.93. The SMILES string of the molecule is COCC(C)CNc1ncccc1Cl. The molecule has 0 fully saturated rings. The van der Waals surface area contributed by atoms with Crippen LogP contribution in [0.1, 0.15) is 6.92 Å². The van der Waals surface area contributed by atoms with E-state index in [1.54, 1.807) is 13.3 Å². The lowest BCUT2D eigenvalue weighted by molar-refractivity contribution is 0.164. The Bertz CT molecular complexity index is 281. The summed E-state index contributed by atoms with van der Waals surface area (Å²) < 4.78 is 5.03. The van der Waals surface area contributed by atoms with E-state index < -0.39 is 0 Å². The summed E-state index contributed by atoms with van der Waals surface area (Å²) in [7, 11) is 1.70. The lowest BCUT2D eigenvalue weighted by Gasteiger charge is -2.12. The maximum absolute atomic E-state index is 5.93. The van der Waals surface area contributed by atoms with Crippen molar-refractivity contribution in [2.45, 2.75) is 6.92 Å². The average molecular weight is 215 g/mol. The van der Waals surface area contributed by atoms with Crippen molar-refractivity contribution < 1.29 is 4.74 Å². The number of ether oxygens (including phenoxy) is 1. The monoisotopic (exact) mass is 214 g/mol. The van der Waals surface area contributed by atoms with Gasteiger partial charge in [-0.15, -0.1) is 0 Å². The molecule has 0 aliphatic rings. The minimum atomic E-state index is 0.443. The Morgan fingerprint density at radius 1 is 1.64 bits per heavy atom. The number of anilines is 1. The third-order valence-electron chi connectivity index (χ3n) is 1.83. The number of nitrogens with zero attached hydrogens (tertiary/aromatic N) is 1.